The number of benzene rings is 1. The van der Waals surface area contributed by atoms with E-state index in [4.69, 9.17) is 10.5 Å². The summed E-state index contributed by atoms with van der Waals surface area (Å²) in [7, 11) is 0. The number of fused-ring (bicyclic) bond motifs is 1. The highest BCUT2D eigenvalue weighted by molar-refractivity contribution is 7.98. The van der Waals surface area contributed by atoms with E-state index < -0.39 is 11.7 Å². The van der Waals surface area contributed by atoms with E-state index in [9.17, 15) is 9.59 Å². The molecule has 1 aliphatic rings. The van der Waals surface area contributed by atoms with Crippen LogP contribution in [-0.2, 0) is 16.0 Å². The molecule has 1 atom stereocenters. The van der Waals surface area contributed by atoms with Gasteiger partial charge in [-0.15, -0.1) is 0 Å². The van der Waals surface area contributed by atoms with Gasteiger partial charge in [-0.3, -0.25) is 9.52 Å². The van der Waals surface area contributed by atoms with Crippen LogP contribution in [-0.4, -0.2) is 24.2 Å². The summed E-state index contributed by atoms with van der Waals surface area (Å²) >= 11 is 1.39. The van der Waals surface area contributed by atoms with Crippen molar-refractivity contribution in [3.63, 3.8) is 0 Å². The first-order valence-corrected chi connectivity index (χ1v) is 9.62. The minimum atomic E-state index is -0.725. The number of nitrogens with two attached hydrogens (primary N) is 1. The quantitative estimate of drug-likeness (QED) is 0.749. The number of carbonyl (C=O) groups is 2. The van der Waals surface area contributed by atoms with Crippen LogP contribution in [0.15, 0.2) is 23.1 Å². The van der Waals surface area contributed by atoms with Crippen molar-refractivity contribution >= 4 is 23.9 Å². The molecule has 1 aliphatic heterocycles. The van der Waals surface area contributed by atoms with Crippen molar-refractivity contribution in [3.05, 3.63) is 23.8 Å². The van der Waals surface area contributed by atoms with Crippen LogP contribution >= 0.6 is 11.9 Å². The molecule has 1 heterocycles. The summed E-state index contributed by atoms with van der Waals surface area (Å²) in [4.78, 5) is 22.7. The van der Waals surface area contributed by atoms with Gasteiger partial charge in [0, 0.05) is 17.7 Å². The number of rotatable bonds is 5. The average Bonchev–Trinajstić information content (AvgIpc) is 2.98. The van der Waals surface area contributed by atoms with Gasteiger partial charge in [-0.05, 0) is 62.4 Å². The molecule has 146 valence electrons. The van der Waals surface area contributed by atoms with Crippen molar-refractivity contribution in [2.45, 2.75) is 64.4 Å². The van der Waals surface area contributed by atoms with Crippen molar-refractivity contribution in [1.29, 1.82) is 0 Å². The molecule has 0 aliphatic carbocycles. The van der Waals surface area contributed by atoms with Crippen molar-refractivity contribution in [2.24, 2.45) is 11.7 Å². The Hall–Kier alpha value is -1.89. The molecule has 0 spiro atoms. The maximum Gasteiger partial charge on any atom is 0.405 e. The van der Waals surface area contributed by atoms with Gasteiger partial charge in [0.05, 0.1) is 6.61 Å². The molecule has 1 aromatic carbocycles. The lowest BCUT2D eigenvalue weighted by Crippen LogP contribution is -2.27. The third kappa shape index (κ3) is 8.99. The molecule has 0 aromatic heterocycles. The number of amides is 2. The Morgan fingerprint density at radius 3 is 2.62 bits per heavy atom. The molecular formula is C19H30N2O4S. The van der Waals surface area contributed by atoms with Crippen LogP contribution in [0.4, 0.5) is 4.79 Å². The van der Waals surface area contributed by atoms with Crippen LogP contribution < -0.4 is 15.2 Å². The molecule has 0 fully saturated rings. The summed E-state index contributed by atoms with van der Waals surface area (Å²) < 4.78 is 12.9. The Bertz CT molecular complexity index is 614. The topological polar surface area (TPSA) is 90.7 Å². The number of hydrogen-bond acceptors (Lipinski definition) is 5. The van der Waals surface area contributed by atoms with E-state index in [2.05, 4.69) is 29.4 Å². The first-order valence-electron chi connectivity index (χ1n) is 8.80. The maximum absolute atomic E-state index is 11.7. The van der Waals surface area contributed by atoms with Crippen molar-refractivity contribution < 1.29 is 19.1 Å². The Morgan fingerprint density at radius 2 is 2.08 bits per heavy atom. The second-order valence-electron chi connectivity index (χ2n) is 7.25. The van der Waals surface area contributed by atoms with Crippen LogP contribution in [0.3, 0.4) is 0 Å². The monoisotopic (exact) mass is 382 g/mol. The smallest absolute Gasteiger partial charge is 0.405 e. The molecule has 0 radical (unpaired) electrons. The lowest BCUT2D eigenvalue weighted by atomic mass is 10.1. The summed E-state index contributed by atoms with van der Waals surface area (Å²) in [6.45, 7) is 10.2. The highest BCUT2D eigenvalue weighted by Gasteiger charge is 2.13. The van der Waals surface area contributed by atoms with E-state index in [1.54, 1.807) is 20.8 Å². The van der Waals surface area contributed by atoms with Crippen molar-refractivity contribution in [2.75, 3.05) is 6.61 Å². The average molecular weight is 383 g/mol. The van der Waals surface area contributed by atoms with Gasteiger partial charge in [-0.1, -0.05) is 20.3 Å². The summed E-state index contributed by atoms with van der Waals surface area (Å²) in [5, 5.41) is 0. The van der Waals surface area contributed by atoms with E-state index in [1.165, 1.54) is 17.5 Å². The standard InChI is InChI=1S/C14H19NO2S.C5H11NO2/c1-3-10(2)8-14(16)15-18-12-4-5-13-11(9-12)6-7-17-13;1-5(2,3)8-4(6)7/h4-5,9-10H,3,6-8H2,1-2H3,(H,15,16);1-3H3,(H2,6,7). The molecule has 0 saturated heterocycles. The van der Waals surface area contributed by atoms with Crippen LogP contribution in [0.5, 0.6) is 5.75 Å². The SMILES string of the molecule is CC(C)(C)OC(N)=O.CCC(C)CC(=O)NSc1ccc2c(c1)CCO2. The van der Waals surface area contributed by atoms with Gasteiger partial charge in [-0.25, -0.2) is 4.79 Å². The lowest BCUT2D eigenvalue weighted by molar-refractivity contribution is -0.120. The van der Waals surface area contributed by atoms with Gasteiger partial charge >= 0.3 is 6.09 Å². The Labute approximate surface area is 160 Å². The summed E-state index contributed by atoms with van der Waals surface area (Å²) in [5.74, 6) is 1.52. The van der Waals surface area contributed by atoms with E-state index in [-0.39, 0.29) is 5.91 Å². The van der Waals surface area contributed by atoms with Crippen LogP contribution in [0.2, 0.25) is 0 Å². The number of carbonyl (C=O) groups excluding carboxylic acids is 2. The van der Waals surface area contributed by atoms with Gasteiger partial charge < -0.3 is 15.2 Å². The van der Waals surface area contributed by atoms with Gasteiger partial charge in [0.2, 0.25) is 5.91 Å². The fraction of sp³-hybridized carbons (Fsp3) is 0.579. The van der Waals surface area contributed by atoms with E-state index >= 15 is 0 Å². The summed E-state index contributed by atoms with van der Waals surface area (Å²) in [6, 6.07) is 6.06. The van der Waals surface area contributed by atoms with Gasteiger partial charge in [0.25, 0.3) is 0 Å². The van der Waals surface area contributed by atoms with Gasteiger partial charge in [0.1, 0.15) is 11.4 Å². The second-order valence-corrected chi connectivity index (χ2v) is 8.13. The Morgan fingerprint density at radius 1 is 1.38 bits per heavy atom. The second kappa shape index (κ2) is 10.3. The molecule has 2 rings (SSSR count). The maximum atomic E-state index is 11.7. The molecule has 3 N–H and O–H groups in total. The third-order valence-corrected chi connectivity index (χ3v) is 4.40. The molecule has 0 saturated carbocycles. The van der Waals surface area contributed by atoms with E-state index in [1.807, 2.05) is 12.1 Å². The normalized spacial score (nSPS) is 13.6. The first-order chi connectivity index (χ1) is 12.1. The Kier molecular flexibility index (Phi) is 8.78. The number of ether oxygens (including phenoxy) is 2. The zero-order valence-electron chi connectivity index (χ0n) is 16.3. The number of nitrogens with one attached hydrogen (secondary N) is 1. The minimum Gasteiger partial charge on any atom is -0.493 e. The van der Waals surface area contributed by atoms with E-state index in [0.717, 1.165) is 30.1 Å². The zero-order valence-corrected chi connectivity index (χ0v) is 17.1. The van der Waals surface area contributed by atoms with Crippen LogP contribution in [0.1, 0.15) is 53.0 Å². The molecule has 26 heavy (non-hydrogen) atoms. The predicted octanol–water partition coefficient (Wildman–Crippen LogP) is 4.06. The molecule has 1 aromatic rings. The molecule has 6 nitrogen and oxygen atoms in total. The fourth-order valence-electron chi connectivity index (χ4n) is 2.15. The summed E-state index contributed by atoms with van der Waals surface area (Å²) in [6.07, 6.45) is 1.87. The van der Waals surface area contributed by atoms with Gasteiger partial charge in [-0.2, -0.15) is 0 Å². The largest absolute Gasteiger partial charge is 0.493 e. The molecular weight excluding hydrogens is 352 g/mol. The zero-order chi connectivity index (χ0) is 19.7. The van der Waals surface area contributed by atoms with Crippen LogP contribution in [0.25, 0.3) is 0 Å². The van der Waals surface area contributed by atoms with Crippen molar-refractivity contribution in [1.82, 2.24) is 4.72 Å². The first kappa shape index (κ1) is 22.2. The fourth-order valence-corrected chi connectivity index (χ4v) is 2.80. The van der Waals surface area contributed by atoms with Gasteiger partial charge in [0.15, 0.2) is 0 Å². The molecule has 2 amide bonds. The van der Waals surface area contributed by atoms with Crippen molar-refractivity contribution in [3.8, 4) is 5.75 Å². The number of primary amides is 1. The third-order valence-electron chi connectivity index (χ3n) is 3.58. The lowest BCUT2D eigenvalue weighted by Gasteiger charge is -2.16. The predicted molar refractivity (Wildman–Crippen MR) is 104 cm³/mol. The highest BCUT2D eigenvalue weighted by Crippen LogP contribution is 2.29. The minimum absolute atomic E-state index is 0.103. The summed E-state index contributed by atoms with van der Waals surface area (Å²) in [5.41, 5.74) is 5.50. The van der Waals surface area contributed by atoms with Crippen LogP contribution in [0, 0.1) is 5.92 Å². The molecule has 1 unspecified atom stereocenters. The molecule has 7 heteroatoms. The highest BCUT2D eigenvalue weighted by atomic mass is 32.2. The Balaban J connectivity index is 0.000000359. The number of hydrogen-bond donors (Lipinski definition) is 2. The molecule has 0 bridgehead atoms. The van der Waals surface area contributed by atoms with E-state index in [0.29, 0.717) is 12.3 Å².